The molecule has 2 unspecified atom stereocenters. The van der Waals surface area contributed by atoms with Crippen molar-refractivity contribution in [3.8, 4) is 0 Å². The number of sulfonamides is 1. The predicted molar refractivity (Wildman–Crippen MR) is 81.5 cm³/mol. The highest BCUT2D eigenvalue weighted by atomic mass is 32.2. The second kappa shape index (κ2) is 6.04. The summed E-state index contributed by atoms with van der Waals surface area (Å²) in [6.45, 7) is 5.35. The SMILES string of the molecule is CNCc1n[nH]c(C)c1S(=O)(=O)N1CC(C)C(N(C)C)C1. The Kier molecular flexibility index (Phi) is 4.72. The minimum atomic E-state index is -3.51. The number of H-pyrrole nitrogens is 1. The van der Waals surface area contributed by atoms with E-state index in [1.807, 2.05) is 14.1 Å². The van der Waals surface area contributed by atoms with E-state index < -0.39 is 10.0 Å². The van der Waals surface area contributed by atoms with Crippen LogP contribution in [-0.4, -0.2) is 68.1 Å². The average molecular weight is 315 g/mol. The minimum absolute atomic E-state index is 0.250. The standard InChI is InChI=1S/C13H25N5O2S/c1-9-7-18(8-12(9)17(4)5)21(19,20)13-10(2)15-16-11(13)6-14-3/h9,12,14H,6-8H2,1-5H3,(H,15,16). The monoisotopic (exact) mass is 315 g/mol. The van der Waals surface area contributed by atoms with Gasteiger partial charge in [-0.1, -0.05) is 6.92 Å². The summed E-state index contributed by atoms with van der Waals surface area (Å²) in [4.78, 5) is 2.42. The highest BCUT2D eigenvalue weighted by molar-refractivity contribution is 7.89. The summed E-state index contributed by atoms with van der Waals surface area (Å²) in [7, 11) is 2.26. The van der Waals surface area contributed by atoms with Gasteiger partial charge in [0.15, 0.2) is 0 Å². The van der Waals surface area contributed by atoms with Gasteiger partial charge in [-0.25, -0.2) is 8.42 Å². The first kappa shape index (κ1) is 16.4. The predicted octanol–water partition coefficient (Wildman–Crippen LogP) is 0.00812. The maximum Gasteiger partial charge on any atom is 0.246 e. The molecule has 1 aliphatic heterocycles. The van der Waals surface area contributed by atoms with E-state index in [0.717, 1.165) is 0 Å². The zero-order valence-electron chi connectivity index (χ0n) is 13.3. The molecule has 2 atom stereocenters. The van der Waals surface area contributed by atoms with E-state index in [4.69, 9.17) is 0 Å². The largest absolute Gasteiger partial charge is 0.314 e. The Balaban J connectivity index is 2.34. The van der Waals surface area contributed by atoms with E-state index in [2.05, 4.69) is 27.3 Å². The molecular weight excluding hydrogens is 290 g/mol. The second-order valence-electron chi connectivity index (χ2n) is 5.99. The Hall–Kier alpha value is -0.960. The zero-order valence-corrected chi connectivity index (χ0v) is 14.2. The summed E-state index contributed by atoms with van der Waals surface area (Å²) in [5.74, 6) is 0.315. The van der Waals surface area contributed by atoms with Crippen LogP contribution in [0.4, 0.5) is 0 Å². The molecule has 0 bridgehead atoms. The molecule has 1 saturated heterocycles. The third-order valence-corrected chi connectivity index (χ3v) is 6.14. The van der Waals surface area contributed by atoms with Crippen molar-refractivity contribution in [2.24, 2.45) is 5.92 Å². The summed E-state index contributed by atoms with van der Waals surface area (Å²) < 4.78 is 27.5. The second-order valence-corrected chi connectivity index (χ2v) is 7.86. The Morgan fingerprint density at radius 1 is 1.43 bits per heavy atom. The summed E-state index contributed by atoms with van der Waals surface area (Å²) in [6.07, 6.45) is 0. The van der Waals surface area contributed by atoms with Crippen molar-refractivity contribution in [1.82, 2.24) is 24.7 Å². The van der Waals surface area contributed by atoms with Gasteiger partial charge in [-0.3, -0.25) is 5.10 Å². The number of hydrogen-bond acceptors (Lipinski definition) is 5. The fraction of sp³-hybridized carbons (Fsp3) is 0.769. The van der Waals surface area contributed by atoms with Crippen molar-refractivity contribution in [2.75, 3.05) is 34.2 Å². The van der Waals surface area contributed by atoms with Gasteiger partial charge in [-0.05, 0) is 34.0 Å². The third-order valence-electron chi connectivity index (χ3n) is 4.11. The van der Waals surface area contributed by atoms with Crippen LogP contribution in [0.15, 0.2) is 4.90 Å². The lowest BCUT2D eigenvalue weighted by atomic mass is 10.1. The van der Waals surface area contributed by atoms with Crippen molar-refractivity contribution in [3.63, 3.8) is 0 Å². The van der Waals surface area contributed by atoms with Crippen LogP contribution in [-0.2, 0) is 16.6 Å². The number of nitrogens with one attached hydrogen (secondary N) is 2. The molecule has 1 aliphatic rings. The van der Waals surface area contributed by atoms with Crippen LogP contribution < -0.4 is 5.32 Å². The molecule has 8 heteroatoms. The molecule has 2 heterocycles. The molecule has 0 spiro atoms. The number of aromatic nitrogens is 2. The van der Waals surface area contributed by atoms with Crippen molar-refractivity contribution in [3.05, 3.63) is 11.4 Å². The minimum Gasteiger partial charge on any atom is -0.314 e. The van der Waals surface area contributed by atoms with Crippen LogP contribution in [0, 0.1) is 12.8 Å². The smallest absolute Gasteiger partial charge is 0.246 e. The van der Waals surface area contributed by atoms with E-state index in [1.165, 1.54) is 0 Å². The quantitative estimate of drug-likeness (QED) is 0.800. The molecule has 1 aromatic heterocycles. The van der Waals surface area contributed by atoms with Crippen LogP contribution in [0.5, 0.6) is 0 Å². The van der Waals surface area contributed by atoms with Crippen molar-refractivity contribution < 1.29 is 8.42 Å². The van der Waals surface area contributed by atoms with Crippen LogP contribution in [0.3, 0.4) is 0 Å². The van der Waals surface area contributed by atoms with Gasteiger partial charge < -0.3 is 10.2 Å². The third kappa shape index (κ3) is 2.98. The highest BCUT2D eigenvalue weighted by Crippen LogP contribution is 2.29. The van der Waals surface area contributed by atoms with Crippen LogP contribution >= 0.6 is 0 Å². The fourth-order valence-electron chi connectivity index (χ4n) is 3.00. The Bertz CT molecular complexity index is 596. The molecule has 1 fully saturated rings. The maximum absolute atomic E-state index is 12.9. The molecule has 0 aromatic carbocycles. The summed E-state index contributed by atoms with van der Waals surface area (Å²) in [5, 5.41) is 9.87. The van der Waals surface area contributed by atoms with E-state index in [1.54, 1.807) is 18.3 Å². The number of nitrogens with zero attached hydrogens (tertiary/aromatic N) is 3. The zero-order chi connectivity index (χ0) is 15.8. The molecule has 0 aliphatic carbocycles. The molecular formula is C13H25N5O2S. The van der Waals surface area contributed by atoms with Gasteiger partial charge in [-0.15, -0.1) is 0 Å². The number of aromatic amines is 1. The van der Waals surface area contributed by atoms with E-state index in [-0.39, 0.29) is 6.04 Å². The van der Waals surface area contributed by atoms with Gasteiger partial charge in [0.2, 0.25) is 10.0 Å². The molecule has 21 heavy (non-hydrogen) atoms. The lowest BCUT2D eigenvalue weighted by Gasteiger charge is -2.22. The van der Waals surface area contributed by atoms with Gasteiger partial charge in [0.05, 0.1) is 11.4 Å². The first-order chi connectivity index (χ1) is 9.78. The highest BCUT2D eigenvalue weighted by Gasteiger charge is 2.40. The van der Waals surface area contributed by atoms with Crippen LogP contribution in [0.25, 0.3) is 0 Å². The molecule has 0 radical (unpaired) electrons. The first-order valence-corrected chi connectivity index (χ1v) is 8.58. The molecule has 0 amide bonds. The number of aryl methyl sites for hydroxylation is 1. The van der Waals surface area contributed by atoms with Gasteiger partial charge in [0.1, 0.15) is 4.90 Å². The lowest BCUT2D eigenvalue weighted by Crippen LogP contribution is -2.36. The Labute approximate surface area is 126 Å². The number of hydrogen-bond donors (Lipinski definition) is 2. The number of rotatable bonds is 5. The van der Waals surface area contributed by atoms with Gasteiger partial charge in [0, 0.05) is 25.7 Å². The molecule has 2 N–H and O–H groups in total. The summed E-state index contributed by atoms with van der Waals surface area (Å²) in [6, 6.07) is 0.250. The fourth-order valence-corrected chi connectivity index (χ4v) is 4.89. The molecule has 0 saturated carbocycles. The maximum atomic E-state index is 12.9. The van der Waals surface area contributed by atoms with Gasteiger partial charge in [-0.2, -0.15) is 9.40 Å². The van der Waals surface area contributed by atoms with Crippen molar-refractivity contribution >= 4 is 10.0 Å². The average Bonchev–Trinajstić information content (AvgIpc) is 2.94. The van der Waals surface area contributed by atoms with Crippen molar-refractivity contribution in [1.29, 1.82) is 0 Å². The first-order valence-electron chi connectivity index (χ1n) is 7.14. The summed E-state index contributed by atoms with van der Waals surface area (Å²) >= 11 is 0. The van der Waals surface area contributed by atoms with E-state index in [0.29, 0.717) is 41.8 Å². The van der Waals surface area contributed by atoms with Gasteiger partial charge in [0.25, 0.3) is 0 Å². The van der Waals surface area contributed by atoms with Crippen LogP contribution in [0.1, 0.15) is 18.3 Å². The molecule has 7 nitrogen and oxygen atoms in total. The Morgan fingerprint density at radius 2 is 2.10 bits per heavy atom. The Morgan fingerprint density at radius 3 is 2.62 bits per heavy atom. The van der Waals surface area contributed by atoms with E-state index >= 15 is 0 Å². The molecule has 2 rings (SSSR count). The topological polar surface area (TPSA) is 81.3 Å². The summed E-state index contributed by atoms with van der Waals surface area (Å²) in [5.41, 5.74) is 1.15. The van der Waals surface area contributed by atoms with E-state index in [9.17, 15) is 8.42 Å². The number of likely N-dealkylation sites (N-methyl/N-ethyl adjacent to an activating group) is 1. The van der Waals surface area contributed by atoms with Crippen LogP contribution in [0.2, 0.25) is 0 Å². The lowest BCUT2D eigenvalue weighted by molar-refractivity contribution is 0.263. The van der Waals surface area contributed by atoms with Crippen molar-refractivity contribution in [2.45, 2.75) is 31.3 Å². The molecule has 1 aromatic rings. The normalized spacial score (nSPS) is 24.1. The molecule has 120 valence electrons. The van der Waals surface area contributed by atoms with Gasteiger partial charge >= 0.3 is 0 Å².